The Morgan fingerprint density at radius 1 is 1.29 bits per heavy atom. The molecule has 0 atom stereocenters. The number of carbonyl (C=O) groups excluding carboxylic acids is 1. The van der Waals surface area contributed by atoms with E-state index in [4.69, 9.17) is 0 Å². The van der Waals surface area contributed by atoms with Gasteiger partial charge >= 0.3 is 5.97 Å². The van der Waals surface area contributed by atoms with E-state index in [0.717, 1.165) is 13.2 Å². The summed E-state index contributed by atoms with van der Waals surface area (Å²) >= 11 is 0. The average Bonchev–Trinajstić information content (AvgIpc) is 2.14. The molecular weight excluding hydrogens is 188 g/mol. The number of hydrogen-bond donors (Lipinski definition) is 3. The number of ether oxygens (including phenoxy) is 1. The molecule has 0 spiro atoms. The van der Waals surface area contributed by atoms with Crippen LogP contribution in [-0.4, -0.2) is 28.4 Å². The topological polar surface area (TPSA) is 87.0 Å². The van der Waals surface area contributed by atoms with Crippen molar-refractivity contribution in [3.8, 4) is 17.2 Å². The molecule has 76 valence electrons. The number of rotatable bonds is 1. The second-order valence-corrected chi connectivity index (χ2v) is 2.76. The lowest BCUT2D eigenvalue weighted by atomic mass is 10.1. The molecule has 0 aromatic heterocycles. The first-order valence-corrected chi connectivity index (χ1v) is 3.81. The average molecular weight is 198 g/mol. The highest BCUT2D eigenvalue weighted by Crippen LogP contribution is 2.36. The van der Waals surface area contributed by atoms with Gasteiger partial charge < -0.3 is 20.1 Å². The minimum absolute atomic E-state index is 0.114. The summed E-state index contributed by atoms with van der Waals surface area (Å²) in [5.41, 5.74) is -0.231. The van der Waals surface area contributed by atoms with Gasteiger partial charge in [0.05, 0.1) is 7.11 Å². The summed E-state index contributed by atoms with van der Waals surface area (Å²) in [6.45, 7) is 1.41. The van der Waals surface area contributed by atoms with Gasteiger partial charge in [0.15, 0.2) is 0 Å². The minimum Gasteiger partial charge on any atom is -0.507 e. The van der Waals surface area contributed by atoms with Gasteiger partial charge in [0.25, 0.3) is 0 Å². The number of carbonyl (C=O) groups is 1. The molecule has 0 bridgehead atoms. The van der Waals surface area contributed by atoms with E-state index >= 15 is 0 Å². The molecule has 1 aromatic carbocycles. The Morgan fingerprint density at radius 3 is 2.36 bits per heavy atom. The van der Waals surface area contributed by atoms with Gasteiger partial charge in [-0.2, -0.15) is 0 Å². The molecule has 0 heterocycles. The third-order valence-corrected chi connectivity index (χ3v) is 1.90. The molecule has 0 amide bonds. The molecule has 0 saturated carbocycles. The van der Waals surface area contributed by atoms with Crippen LogP contribution in [0.25, 0.3) is 0 Å². The summed E-state index contributed by atoms with van der Waals surface area (Å²) in [4.78, 5) is 11.1. The maximum Gasteiger partial charge on any atom is 0.345 e. The Morgan fingerprint density at radius 2 is 1.86 bits per heavy atom. The molecule has 0 radical (unpaired) electrons. The fourth-order valence-corrected chi connectivity index (χ4v) is 1.04. The Hall–Kier alpha value is -1.91. The standard InChI is InChI=1S/C9H10O5/c1-4-5(10)3-6(11)7(8(4)12)9(13)14-2/h3,10-12H,1-2H3. The van der Waals surface area contributed by atoms with Crippen molar-refractivity contribution in [2.45, 2.75) is 6.92 Å². The predicted molar refractivity (Wildman–Crippen MR) is 47.5 cm³/mol. The van der Waals surface area contributed by atoms with E-state index in [1.165, 1.54) is 6.92 Å². The fraction of sp³-hybridized carbons (Fsp3) is 0.222. The minimum atomic E-state index is -0.858. The molecule has 0 aliphatic carbocycles. The van der Waals surface area contributed by atoms with Crippen LogP contribution in [0, 0.1) is 6.92 Å². The van der Waals surface area contributed by atoms with E-state index < -0.39 is 17.5 Å². The van der Waals surface area contributed by atoms with Crippen molar-refractivity contribution in [2.75, 3.05) is 7.11 Å². The van der Waals surface area contributed by atoms with Gasteiger partial charge in [0.2, 0.25) is 0 Å². The molecular formula is C9H10O5. The van der Waals surface area contributed by atoms with Crippen LogP contribution in [0.4, 0.5) is 0 Å². The zero-order valence-corrected chi connectivity index (χ0v) is 7.74. The number of aromatic hydroxyl groups is 3. The highest BCUT2D eigenvalue weighted by molar-refractivity contribution is 5.96. The van der Waals surface area contributed by atoms with Gasteiger partial charge in [0.1, 0.15) is 22.8 Å². The van der Waals surface area contributed by atoms with E-state index in [-0.39, 0.29) is 16.9 Å². The normalized spacial score (nSPS) is 9.86. The number of phenolic OH excluding ortho intramolecular Hbond substituents is 3. The molecule has 14 heavy (non-hydrogen) atoms. The monoisotopic (exact) mass is 198 g/mol. The molecule has 1 rings (SSSR count). The number of methoxy groups -OCH3 is 1. The van der Waals surface area contributed by atoms with Crippen molar-refractivity contribution in [3.63, 3.8) is 0 Å². The highest BCUT2D eigenvalue weighted by atomic mass is 16.5. The van der Waals surface area contributed by atoms with Crippen LogP contribution < -0.4 is 0 Å². The lowest BCUT2D eigenvalue weighted by Gasteiger charge is -2.08. The van der Waals surface area contributed by atoms with Crippen LogP contribution in [0.3, 0.4) is 0 Å². The van der Waals surface area contributed by atoms with Gasteiger partial charge in [-0.15, -0.1) is 0 Å². The quantitative estimate of drug-likeness (QED) is 0.583. The van der Waals surface area contributed by atoms with E-state index in [1.807, 2.05) is 0 Å². The Labute approximate surface area is 80.2 Å². The van der Waals surface area contributed by atoms with Crippen LogP contribution in [-0.2, 0) is 4.74 Å². The molecule has 0 saturated heterocycles. The lowest BCUT2D eigenvalue weighted by Crippen LogP contribution is -2.02. The van der Waals surface area contributed by atoms with E-state index in [2.05, 4.69) is 4.74 Å². The van der Waals surface area contributed by atoms with Gasteiger partial charge in [-0.25, -0.2) is 4.79 Å². The van der Waals surface area contributed by atoms with Gasteiger partial charge in [0, 0.05) is 11.6 Å². The SMILES string of the molecule is COC(=O)c1c(O)cc(O)c(C)c1O. The number of hydrogen-bond acceptors (Lipinski definition) is 5. The van der Waals surface area contributed by atoms with Crippen LogP contribution in [0.15, 0.2) is 6.07 Å². The van der Waals surface area contributed by atoms with Crippen molar-refractivity contribution >= 4 is 5.97 Å². The summed E-state index contributed by atoms with van der Waals surface area (Å²) < 4.78 is 4.35. The van der Waals surface area contributed by atoms with Gasteiger partial charge in [-0.1, -0.05) is 0 Å². The summed E-state index contributed by atoms with van der Waals surface area (Å²) in [5, 5.41) is 27.9. The second-order valence-electron chi connectivity index (χ2n) is 2.76. The zero-order chi connectivity index (χ0) is 10.9. The maximum absolute atomic E-state index is 11.1. The summed E-state index contributed by atoms with van der Waals surface area (Å²) in [6, 6.07) is 0.974. The number of phenols is 3. The van der Waals surface area contributed by atoms with Crippen LogP contribution in [0.5, 0.6) is 17.2 Å². The lowest BCUT2D eigenvalue weighted by molar-refractivity contribution is 0.0594. The summed E-state index contributed by atoms with van der Waals surface area (Å²) in [6.07, 6.45) is 0. The Bertz CT molecular complexity index is 383. The molecule has 0 aliphatic heterocycles. The van der Waals surface area contributed by atoms with Gasteiger partial charge in [-0.3, -0.25) is 0 Å². The van der Waals surface area contributed by atoms with Crippen molar-refractivity contribution in [1.82, 2.24) is 0 Å². The van der Waals surface area contributed by atoms with Crippen molar-refractivity contribution in [3.05, 3.63) is 17.2 Å². The van der Waals surface area contributed by atoms with Gasteiger partial charge in [-0.05, 0) is 6.92 Å². The molecule has 5 heteroatoms. The Balaban J connectivity index is 3.44. The first-order chi connectivity index (χ1) is 6.49. The molecule has 0 aliphatic rings. The molecule has 0 unspecified atom stereocenters. The van der Waals surface area contributed by atoms with Crippen molar-refractivity contribution in [1.29, 1.82) is 0 Å². The zero-order valence-electron chi connectivity index (χ0n) is 7.74. The van der Waals surface area contributed by atoms with E-state index in [0.29, 0.717) is 0 Å². The second kappa shape index (κ2) is 3.45. The van der Waals surface area contributed by atoms with E-state index in [9.17, 15) is 20.1 Å². The van der Waals surface area contributed by atoms with Crippen molar-refractivity contribution in [2.24, 2.45) is 0 Å². The number of benzene rings is 1. The molecule has 1 aromatic rings. The molecule has 5 nitrogen and oxygen atoms in total. The Kier molecular flexibility index (Phi) is 2.51. The summed E-state index contributed by atoms with van der Waals surface area (Å²) in [5.74, 6) is -2.14. The summed E-state index contributed by atoms with van der Waals surface area (Å²) in [7, 11) is 1.13. The number of esters is 1. The predicted octanol–water partition coefficient (Wildman–Crippen LogP) is 0.898. The van der Waals surface area contributed by atoms with E-state index in [1.54, 1.807) is 0 Å². The smallest absolute Gasteiger partial charge is 0.345 e. The first-order valence-electron chi connectivity index (χ1n) is 3.81. The first kappa shape index (κ1) is 10.2. The third kappa shape index (κ3) is 1.44. The highest BCUT2D eigenvalue weighted by Gasteiger charge is 2.21. The molecule has 0 fully saturated rings. The fourth-order valence-electron chi connectivity index (χ4n) is 1.04. The maximum atomic E-state index is 11.1. The molecule has 3 N–H and O–H groups in total. The largest absolute Gasteiger partial charge is 0.507 e. The van der Waals surface area contributed by atoms with Crippen LogP contribution in [0.2, 0.25) is 0 Å². The van der Waals surface area contributed by atoms with Crippen LogP contribution >= 0.6 is 0 Å². The van der Waals surface area contributed by atoms with Crippen molar-refractivity contribution < 1.29 is 24.9 Å². The van der Waals surface area contributed by atoms with Crippen LogP contribution in [0.1, 0.15) is 15.9 Å². The third-order valence-electron chi connectivity index (χ3n) is 1.90.